The maximum atomic E-state index is 13.2. The van der Waals surface area contributed by atoms with Crippen LogP contribution in [0, 0.1) is 11.8 Å². The summed E-state index contributed by atoms with van der Waals surface area (Å²) in [6.45, 7) is 14.1. The second kappa shape index (κ2) is 8.43. The molecule has 0 bridgehead atoms. The number of rotatable bonds is 7. The largest absolute Gasteiger partial charge is 0.413 e. The van der Waals surface area contributed by atoms with Gasteiger partial charge in [-0.05, 0) is 37.2 Å². The lowest BCUT2D eigenvalue weighted by Gasteiger charge is -2.47. The molecule has 0 spiro atoms. The summed E-state index contributed by atoms with van der Waals surface area (Å²) in [5, 5.41) is 2.78. The molecule has 1 aromatic rings. The van der Waals surface area contributed by atoms with Gasteiger partial charge in [0.25, 0.3) is 0 Å². The number of carbonyl (C=O) groups excluding carboxylic acids is 2. The van der Waals surface area contributed by atoms with Crippen LogP contribution in [0.2, 0.25) is 18.1 Å². The van der Waals surface area contributed by atoms with E-state index >= 15 is 0 Å². The maximum Gasteiger partial charge on any atom is 0.245 e. The smallest absolute Gasteiger partial charge is 0.245 e. The van der Waals surface area contributed by atoms with Crippen molar-refractivity contribution < 1.29 is 22.4 Å². The third-order valence-corrected chi connectivity index (χ3v) is 11.9. The van der Waals surface area contributed by atoms with Gasteiger partial charge in [0.2, 0.25) is 21.8 Å². The monoisotopic (exact) mass is 454 g/mol. The Labute approximate surface area is 181 Å². The minimum absolute atomic E-state index is 0.0151. The summed E-state index contributed by atoms with van der Waals surface area (Å²) < 4.78 is 32.0. The van der Waals surface area contributed by atoms with Crippen LogP contribution >= 0.6 is 0 Å². The Kier molecular flexibility index (Phi) is 6.90. The van der Waals surface area contributed by atoms with Crippen LogP contribution in [-0.2, 0) is 24.0 Å². The van der Waals surface area contributed by atoms with Crippen LogP contribution in [0.1, 0.15) is 34.6 Å². The SMILES string of the molecule is C[C@@H](O[Si](C)(C)C(C)(C)C)[C@H]1C(=O)N[C@@H]1[C@@H](C)C(=O)N(c1ccccc1)S(C)(=O)=O. The van der Waals surface area contributed by atoms with Gasteiger partial charge in [-0.2, -0.15) is 0 Å². The molecule has 0 radical (unpaired) electrons. The van der Waals surface area contributed by atoms with Gasteiger partial charge in [0.15, 0.2) is 8.32 Å². The van der Waals surface area contributed by atoms with Crippen molar-refractivity contribution >= 4 is 35.8 Å². The summed E-state index contributed by atoms with van der Waals surface area (Å²) in [7, 11) is -5.94. The molecule has 0 aliphatic carbocycles. The van der Waals surface area contributed by atoms with Crippen LogP contribution < -0.4 is 9.62 Å². The number of amides is 2. The average Bonchev–Trinajstić information content (AvgIpc) is 2.57. The lowest BCUT2D eigenvalue weighted by molar-refractivity contribution is -0.144. The molecule has 4 atom stereocenters. The van der Waals surface area contributed by atoms with E-state index in [0.29, 0.717) is 0 Å². The molecule has 1 aromatic carbocycles. The molecule has 1 fully saturated rings. The number of hydrogen-bond donors (Lipinski definition) is 1. The van der Waals surface area contributed by atoms with Crippen molar-refractivity contribution in [2.45, 2.75) is 64.9 Å². The molecule has 2 amide bonds. The number of benzene rings is 1. The standard InChI is InChI=1S/C21H34N2O5SSi/c1-14(20(25)23(29(6,26)27)16-12-10-9-11-13-16)18-17(19(24)22-18)15(2)28-30(7,8)21(3,4)5/h9-15,17-18H,1-8H3,(H,22,24)/t14-,15-,17-,18-/m1/s1. The second-order valence-electron chi connectivity index (χ2n) is 9.63. The van der Waals surface area contributed by atoms with Crippen molar-refractivity contribution in [2.75, 3.05) is 10.6 Å². The fourth-order valence-corrected chi connectivity index (χ4v) is 5.88. The second-order valence-corrected chi connectivity index (χ2v) is 16.2. The summed E-state index contributed by atoms with van der Waals surface area (Å²) >= 11 is 0. The van der Waals surface area contributed by atoms with Gasteiger partial charge in [-0.25, -0.2) is 12.7 Å². The number of carbonyl (C=O) groups is 2. The molecular weight excluding hydrogens is 420 g/mol. The molecule has 9 heteroatoms. The zero-order valence-electron chi connectivity index (χ0n) is 19.1. The number of β-lactam (4-membered cyclic amide) rings is 1. The van der Waals surface area contributed by atoms with E-state index in [9.17, 15) is 18.0 Å². The highest BCUT2D eigenvalue weighted by molar-refractivity contribution is 7.92. The quantitative estimate of drug-likeness (QED) is 0.505. The van der Waals surface area contributed by atoms with Gasteiger partial charge in [0.05, 0.1) is 35.9 Å². The van der Waals surface area contributed by atoms with Crippen LogP contribution in [0.25, 0.3) is 0 Å². The van der Waals surface area contributed by atoms with Gasteiger partial charge in [0, 0.05) is 0 Å². The van der Waals surface area contributed by atoms with E-state index in [1.165, 1.54) is 0 Å². The molecule has 1 heterocycles. The maximum absolute atomic E-state index is 13.2. The van der Waals surface area contributed by atoms with Crippen molar-refractivity contribution in [2.24, 2.45) is 11.8 Å². The Bertz CT molecular complexity index is 896. The van der Waals surface area contributed by atoms with E-state index in [-0.39, 0.29) is 22.7 Å². The predicted octanol–water partition coefficient (Wildman–Crippen LogP) is 3.14. The Morgan fingerprint density at radius 1 is 1.17 bits per heavy atom. The van der Waals surface area contributed by atoms with Crippen LogP contribution in [0.3, 0.4) is 0 Å². The van der Waals surface area contributed by atoms with Crippen molar-refractivity contribution in [3.63, 3.8) is 0 Å². The summed E-state index contributed by atoms with van der Waals surface area (Å²) in [4.78, 5) is 25.6. The van der Waals surface area contributed by atoms with Crippen LogP contribution in [-0.4, -0.2) is 47.0 Å². The predicted molar refractivity (Wildman–Crippen MR) is 121 cm³/mol. The van der Waals surface area contributed by atoms with Gasteiger partial charge < -0.3 is 9.74 Å². The highest BCUT2D eigenvalue weighted by Crippen LogP contribution is 2.39. The number of para-hydroxylation sites is 1. The zero-order valence-corrected chi connectivity index (χ0v) is 20.9. The molecule has 1 aliphatic rings. The highest BCUT2D eigenvalue weighted by atomic mass is 32.2. The Morgan fingerprint density at radius 2 is 1.70 bits per heavy atom. The van der Waals surface area contributed by atoms with Crippen molar-refractivity contribution in [3.05, 3.63) is 30.3 Å². The highest BCUT2D eigenvalue weighted by Gasteiger charge is 2.51. The number of sulfonamides is 1. The topological polar surface area (TPSA) is 92.8 Å². The summed E-state index contributed by atoms with van der Waals surface area (Å²) in [6.07, 6.45) is 0.633. The average molecular weight is 455 g/mol. The fourth-order valence-electron chi connectivity index (χ4n) is 3.46. The van der Waals surface area contributed by atoms with Crippen LogP contribution in [0.15, 0.2) is 30.3 Å². The minimum Gasteiger partial charge on any atom is -0.413 e. The number of anilines is 1. The fraction of sp³-hybridized carbons (Fsp3) is 0.619. The van der Waals surface area contributed by atoms with Gasteiger partial charge in [-0.1, -0.05) is 45.9 Å². The van der Waals surface area contributed by atoms with E-state index in [1.54, 1.807) is 37.3 Å². The minimum atomic E-state index is -3.83. The molecule has 30 heavy (non-hydrogen) atoms. The first-order chi connectivity index (χ1) is 13.6. The molecule has 1 saturated heterocycles. The van der Waals surface area contributed by atoms with Gasteiger partial charge in [0.1, 0.15) is 0 Å². The first-order valence-corrected chi connectivity index (χ1v) is 14.9. The van der Waals surface area contributed by atoms with E-state index < -0.39 is 42.1 Å². The molecule has 1 N–H and O–H groups in total. The van der Waals surface area contributed by atoms with E-state index in [4.69, 9.17) is 4.43 Å². The molecule has 0 aromatic heterocycles. The van der Waals surface area contributed by atoms with E-state index in [1.807, 2.05) is 6.92 Å². The third kappa shape index (κ3) is 4.95. The van der Waals surface area contributed by atoms with Crippen molar-refractivity contribution in [3.8, 4) is 0 Å². The van der Waals surface area contributed by atoms with Gasteiger partial charge in [-0.15, -0.1) is 0 Å². The lowest BCUT2D eigenvalue weighted by Crippen LogP contribution is -2.67. The number of nitrogens with one attached hydrogen (secondary N) is 1. The third-order valence-electron chi connectivity index (χ3n) is 6.24. The molecule has 7 nitrogen and oxygen atoms in total. The molecule has 168 valence electrons. The molecular formula is C21H34N2O5SSi. The van der Waals surface area contributed by atoms with Crippen LogP contribution in [0.4, 0.5) is 5.69 Å². The zero-order chi connectivity index (χ0) is 23.1. The van der Waals surface area contributed by atoms with Gasteiger partial charge >= 0.3 is 0 Å². The molecule has 2 rings (SSSR count). The Balaban J connectivity index is 2.25. The lowest BCUT2D eigenvalue weighted by atomic mass is 9.78. The van der Waals surface area contributed by atoms with E-state index in [2.05, 4.69) is 39.2 Å². The van der Waals surface area contributed by atoms with Crippen molar-refractivity contribution in [1.29, 1.82) is 0 Å². The molecule has 0 saturated carbocycles. The summed E-state index contributed by atoms with van der Waals surface area (Å²) in [6, 6.07) is 7.76. The Hall–Kier alpha value is -1.71. The van der Waals surface area contributed by atoms with E-state index in [0.717, 1.165) is 10.6 Å². The van der Waals surface area contributed by atoms with Crippen molar-refractivity contribution in [1.82, 2.24) is 5.32 Å². The summed E-state index contributed by atoms with van der Waals surface area (Å²) in [5.41, 5.74) is 0.282. The summed E-state index contributed by atoms with van der Waals surface area (Å²) in [5.74, 6) is -1.97. The van der Waals surface area contributed by atoms with Crippen LogP contribution in [0.5, 0.6) is 0 Å². The van der Waals surface area contributed by atoms with Gasteiger partial charge in [-0.3, -0.25) is 9.59 Å². The first-order valence-electron chi connectivity index (χ1n) is 10.2. The number of hydrogen-bond acceptors (Lipinski definition) is 5. The number of nitrogens with zero attached hydrogens (tertiary/aromatic N) is 1. The normalized spacial score (nSPS) is 21.9. The molecule has 0 unspecified atom stereocenters. The molecule has 1 aliphatic heterocycles. The first kappa shape index (κ1) is 24.6. The Morgan fingerprint density at radius 3 is 2.13 bits per heavy atom.